The van der Waals surface area contributed by atoms with Crippen LogP contribution in [0.1, 0.15) is 93.1 Å². The van der Waals surface area contributed by atoms with Gasteiger partial charge in [0.1, 0.15) is 41.3 Å². The van der Waals surface area contributed by atoms with Crippen LogP contribution in [0.4, 0.5) is 0 Å². The number of thiazole rings is 1. The van der Waals surface area contributed by atoms with Crippen molar-refractivity contribution in [1.82, 2.24) is 40.2 Å². The minimum absolute atomic E-state index is 0.00909. The molecule has 3 aliphatic rings. The van der Waals surface area contributed by atoms with Crippen LogP contribution in [0.2, 0.25) is 5.02 Å². The molecule has 424 valence electrons. The molecule has 6 aromatic rings. The minimum Gasteiger partial charge on any atom is -0.491 e. The van der Waals surface area contributed by atoms with Gasteiger partial charge < -0.3 is 49.2 Å². The Bertz CT molecular complexity index is 3200. The Hall–Kier alpha value is -6.43. The SMILES string of the molecule is Cc1ncsc1-c1ccc(CNC(=O)[C@@H]2C[C@@H](O)CN2C(=O)[C@H](C(C)C)N2Cc3ccccc3C2=O)c(OCCOCCOCCOCCOCCNC(=O)C[C@@H]2N=C(c3ccc(Cl)cc3)c3c(sc(C)c3C)-n3c(C)nnc32)c1. The first kappa shape index (κ1) is 58.2. The van der Waals surface area contributed by atoms with Crippen molar-refractivity contribution < 1.29 is 48.0 Å². The van der Waals surface area contributed by atoms with E-state index >= 15 is 0 Å². The number of carbonyl (C=O) groups excluding carboxylic acids is 4. The molecule has 4 amide bonds. The summed E-state index contributed by atoms with van der Waals surface area (Å²) in [7, 11) is 0. The van der Waals surface area contributed by atoms with Gasteiger partial charge >= 0.3 is 0 Å². The molecule has 3 aliphatic heterocycles. The van der Waals surface area contributed by atoms with E-state index in [-0.39, 0.29) is 62.8 Å². The largest absolute Gasteiger partial charge is 0.491 e. The Kier molecular flexibility index (Phi) is 19.6. The number of ether oxygens (including phenoxy) is 5. The number of benzene rings is 3. The molecular weight excluding hydrogens is 1080 g/mol. The summed E-state index contributed by atoms with van der Waals surface area (Å²) in [4.78, 5) is 69.7. The van der Waals surface area contributed by atoms with Gasteiger partial charge in [-0.25, -0.2) is 4.98 Å². The van der Waals surface area contributed by atoms with Crippen LogP contribution in [0.3, 0.4) is 0 Å². The molecule has 0 spiro atoms. The molecule has 19 nitrogen and oxygen atoms in total. The number of hydrogen-bond acceptors (Lipinski definition) is 16. The lowest BCUT2D eigenvalue weighted by molar-refractivity contribution is -0.143. The molecule has 3 aromatic carbocycles. The third-order valence-corrected chi connectivity index (χ3v) is 16.8. The van der Waals surface area contributed by atoms with E-state index in [4.69, 9.17) is 40.3 Å². The monoisotopic (exact) mass is 1150 g/mol. The van der Waals surface area contributed by atoms with Gasteiger partial charge in [-0.3, -0.25) is 28.7 Å². The van der Waals surface area contributed by atoms with Crippen LogP contribution in [0.5, 0.6) is 5.75 Å². The maximum atomic E-state index is 14.3. The second-order valence-electron chi connectivity index (χ2n) is 20.2. The lowest BCUT2D eigenvalue weighted by atomic mass is 9.99. The van der Waals surface area contributed by atoms with Gasteiger partial charge in [0.15, 0.2) is 5.82 Å². The van der Waals surface area contributed by atoms with Gasteiger partial charge in [-0.2, -0.15) is 0 Å². The quantitative estimate of drug-likeness (QED) is 0.0461. The summed E-state index contributed by atoms with van der Waals surface area (Å²) in [5.41, 5.74) is 9.57. The molecule has 0 saturated carbocycles. The highest BCUT2D eigenvalue weighted by molar-refractivity contribution is 7.15. The van der Waals surface area contributed by atoms with Crippen molar-refractivity contribution in [3.05, 3.63) is 133 Å². The molecule has 4 atom stereocenters. The van der Waals surface area contributed by atoms with E-state index in [0.29, 0.717) is 87.1 Å². The number of halogens is 1. The molecule has 22 heteroatoms. The number of aryl methyl sites for hydroxylation is 3. The fourth-order valence-electron chi connectivity index (χ4n) is 10.2. The van der Waals surface area contributed by atoms with Crippen molar-refractivity contribution in [3.8, 4) is 21.2 Å². The fourth-order valence-corrected chi connectivity index (χ4v) is 12.4. The minimum atomic E-state index is -0.921. The normalized spacial score (nSPS) is 17.0. The molecule has 0 bridgehead atoms. The Morgan fingerprint density at radius 1 is 0.850 bits per heavy atom. The summed E-state index contributed by atoms with van der Waals surface area (Å²) in [5, 5.41) is 27.2. The van der Waals surface area contributed by atoms with E-state index in [1.54, 1.807) is 33.9 Å². The third-order valence-electron chi connectivity index (χ3n) is 14.4. The number of aromatic nitrogens is 4. The lowest BCUT2D eigenvalue weighted by Crippen LogP contribution is -2.55. The predicted molar refractivity (Wildman–Crippen MR) is 305 cm³/mol. The lowest BCUT2D eigenvalue weighted by Gasteiger charge is -2.35. The molecule has 0 unspecified atom stereocenters. The number of carbonyl (C=O) groups is 4. The number of thiophene rings is 1. The summed E-state index contributed by atoms with van der Waals surface area (Å²) < 4.78 is 31.2. The van der Waals surface area contributed by atoms with Gasteiger partial charge in [-0.15, -0.1) is 32.9 Å². The summed E-state index contributed by atoms with van der Waals surface area (Å²) in [6.45, 7) is 15.5. The highest BCUT2D eigenvalue weighted by atomic mass is 35.5. The fraction of sp³-hybridized carbons (Fsp3) is 0.448. The van der Waals surface area contributed by atoms with Crippen molar-refractivity contribution in [2.75, 3.05) is 72.6 Å². The number of amides is 4. The van der Waals surface area contributed by atoms with E-state index in [1.165, 1.54) is 21.1 Å². The van der Waals surface area contributed by atoms with Gasteiger partial charge in [-0.05, 0) is 74.6 Å². The maximum Gasteiger partial charge on any atom is 0.255 e. The molecular formula is C58H68ClN9O10S2. The predicted octanol–water partition coefficient (Wildman–Crippen LogP) is 7.14. The molecule has 9 rings (SSSR count). The number of aliphatic hydroxyl groups is 1. The summed E-state index contributed by atoms with van der Waals surface area (Å²) >= 11 is 9.43. The van der Waals surface area contributed by atoms with E-state index in [2.05, 4.69) is 39.7 Å². The van der Waals surface area contributed by atoms with E-state index in [1.807, 2.05) is 86.9 Å². The van der Waals surface area contributed by atoms with Crippen LogP contribution in [-0.4, -0.2) is 155 Å². The number of aliphatic hydroxyl groups excluding tert-OH is 1. The number of hydrogen-bond donors (Lipinski definition) is 3. The molecule has 1 fully saturated rings. The molecule has 80 heavy (non-hydrogen) atoms. The average molecular weight is 1150 g/mol. The van der Waals surface area contributed by atoms with Crippen LogP contribution < -0.4 is 15.4 Å². The van der Waals surface area contributed by atoms with Gasteiger partial charge in [-0.1, -0.05) is 67.9 Å². The molecule has 6 heterocycles. The number of likely N-dealkylation sites (tertiary alicyclic amines) is 1. The Morgan fingerprint density at radius 3 is 2.23 bits per heavy atom. The molecule has 3 aromatic heterocycles. The smallest absolute Gasteiger partial charge is 0.255 e. The summed E-state index contributed by atoms with van der Waals surface area (Å²) in [5.74, 6) is 0.501. The maximum absolute atomic E-state index is 14.3. The van der Waals surface area contributed by atoms with Crippen LogP contribution in [0.15, 0.2) is 77.2 Å². The Morgan fingerprint density at radius 2 is 1.54 bits per heavy atom. The summed E-state index contributed by atoms with van der Waals surface area (Å²) in [6.07, 6.45) is -0.729. The first-order chi connectivity index (χ1) is 38.7. The number of rotatable bonds is 26. The molecule has 1 saturated heterocycles. The van der Waals surface area contributed by atoms with E-state index < -0.39 is 30.1 Å². The van der Waals surface area contributed by atoms with Crippen LogP contribution in [0.25, 0.3) is 15.4 Å². The second kappa shape index (κ2) is 26.9. The molecule has 0 aliphatic carbocycles. The first-order valence-electron chi connectivity index (χ1n) is 26.9. The number of aliphatic imine (C=N–C) groups is 1. The third kappa shape index (κ3) is 13.5. The van der Waals surface area contributed by atoms with E-state index in [0.717, 1.165) is 54.9 Å². The zero-order valence-electron chi connectivity index (χ0n) is 45.9. The molecule has 3 N–H and O–H groups in total. The Labute approximate surface area is 478 Å². The van der Waals surface area contributed by atoms with Crippen molar-refractivity contribution in [2.24, 2.45) is 10.9 Å². The van der Waals surface area contributed by atoms with Crippen LogP contribution >= 0.6 is 34.3 Å². The van der Waals surface area contributed by atoms with Gasteiger partial charge in [0.2, 0.25) is 17.7 Å². The zero-order chi connectivity index (χ0) is 56.5. The second-order valence-corrected chi connectivity index (χ2v) is 22.7. The van der Waals surface area contributed by atoms with Crippen molar-refractivity contribution in [1.29, 1.82) is 0 Å². The number of nitrogens with one attached hydrogen (secondary N) is 2. The van der Waals surface area contributed by atoms with Crippen molar-refractivity contribution in [2.45, 2.75) is 91.7 Å². The van der Waals surface area contributed by atoms with Gasteiger partial charge in [0.25, 0.3) is 5.91 Å². The van der Waals surface area contributed by atoms with Crippen molar-refractivity contribution >= 4 is 63.6 Å². The van der Waals surface area contributed by atoms with Crippen LogP contribution in [0, 0.1) is 33.6 Å². The zero-order valence-corrected chi connectivity index (χ0v) is 48.3. The van der Waals surface area contributed by atoms with Gasteiger partial charge in [0, 0.05) is 64.8 Å². The number of fused-ring (bicyclic) bond motifs is 4. The van der Waals surface area contributed by atoms with E-state index in [9.17, 15) is 24.3 Å². The van der Waals surface area contributed by atoms with Crippen LogP contribution in [-0.2, 0) is 46.4 Å². The number of nitrogens with zero attached hydrogens (tertiary/aromatic N) is 7. The molecule has 0 radical (unpaired) electrons. The van der Waals surface area contributed by atoms with Crippen molar-refractivity contribution in [3.63, 3.8) is 0 Å². The topological polar surface area (TPSA) is 221 Å². The first-order valence-corrected chi connectivity index (χ1v) is 29.0. The van der Waals surface area contributed by atoms with Gasteiger partial charge in [0.05, 0.1) is 87.2 Å². The number of β-amino-alcohol motifs (C(OH)–C–C–N with tert-alkyl or cyclic N) is 1. The highest BCUT2D eigenvalue weighted by Gasteiger charge is 2.46. The average Bonchev–Trinajstić information content (AvgIpc) is 4.43. The highest BCUT2D eigenvalue weighted by Crippen LogP contribution is 2.40. The Balaban J connectivity index is 0.666. The standard InChI is InChI=1S/C58H68ClN9O10S2/c1-34(2)52(67-31-42-9-7-8-10-45(42)56(67)72)57(73)66-32-44(69)28-47(66)55(71)61-30-41-12-11-40(53-36(4)62-33-79-53)27-48(41)78-26-25-77-24-23-76-22-21-75-20-19-74-18-17-60-49(70)29-46-54-65-64-38(6)68(54)58-50(35(3)37(5)80-58)51(63-46)39-13-15-43(59)16-14-39/h7-16,27,33-34,44,46-47,52,69H,17-26,28-32H2,1-6H3,(H,60,70)(H,61,71)/t44-,46+,47+,52+/m1/s1. The summed E-state index contributed by atoms with van der Waals surface area (Å²) in [6, 6.07) is 18.4.